The molecule has 0 spiro atoms. The summed E-state index contributed by atoms with van der Waals surface area (Å²) in [6.45, 7) is 5.47. The molecule has 0 unspecified atom stereocenters. The van der Waals surface area contributed by atoms with Crippen molar-refractivity contribution < 1.29 is 28.5 Å². The number of hydrogen-bond acceptors (Lipinski definition) is 9. The molecule has 0 amide bonds. The normalized spacial score (nSPS) is 14.9. The summed E-state index contributed by atoms with van der Waals surface area (Å²) in [4.78, 5) is 43.6. The van der Waals surface area contributed by atoms with Crippen LogP contribution in [0.4, 0.5) is 0 Å². The number of hydrogen-bond donors (Lipinski definition) is 0. The molecule has 3 aromatic rings. The van der Waals surface area contributed by atoms with Gasteiger partial charge in [-0.3, -0.25) is 9.36 Å². The number of nitrogens with zero attached hydrogens (tertiary/aromatic N) is 2. The van der Waals surface area contributed by atoms with Gasteiger partial charge in [0.1, 0.15) is 0 Å². The number of methoxy groups -OCH3 is 1. The molecule has 1 aromatic heterocycles. The Bertz CT molecular complexity index is 1610. The minimum Gasteiger partial charge on any atom is -0.490 e. The monoisotopic (exact) mass is 662 g/mol. The van der Waals surface area contributed by atoms with E-state index in [0.717, 1.165) is 9.13 Å². The Kier molecular flexibility index (Phi) is 9.23. The van der Waals surface area contributed by atoms with Gasteiger partial charge in [0, 0.05) is 3.57 Å². The molecule has 11 heteroatoms. The lowest BCUT2D eigenvalue weighted by atomic mass is 9.95. The highest BCUT2D eigenvalue weighted by Crippen LogP contribution is 2.36. The van der Waals surface area contributed by atoms with Gasteiger partial charge in [-0.15, -0.1) is 0 Å². The summed E-state index contributed by atoms with van der Waals surface area (Å²) in [5, 5.41) is 0. The van der Waals surface area contributed by atoms with Crippen molar-refractivity contribution in [3.63, 3.8) is 0 Å². The molecule has 4 rings (SSSR count). The zero-order valence-electron chi connectivity index (χ0n) is 21.9. The van der Waals surface area contributed by atoms with Crippen LogP contribution in [0.3, 0.4) is 0 Å². The van der Waals surface area contributed by atoms with Gasteiger partial charge in [-0.05, 0) is 84.8 Å². The Morgan fingerprint density at radius 1 is 1.08 bits per heavy atom. The SMILES string of the molecule is CCOC(=O)C1=C(C)N=c2s/c(=C\c3ccc(I)cc3)c(=O)n2[C@@H]1c1ccc(OCC(=O)OC)c(OCC)c1. The Morgan fingerprint density at radius 3 is 2.49 bits per heavy atom. The molecule has 2 aromatic carbocycles. The largest absolute Gasteiger partial charge is 0.490 e. The number of thiazole rings is 1. The Labute approximate surface area is 242 Å². The van der Waals surface area contributed by atoms with Crippen molar-refractivity contribution in [2.45, 2.75) is 26.8 Å². The summed E-state index contributed by atoms with van der Waals surface area (Å²) >= 11 is 3.48. The number of carbonyl (C=O) groups is 2. The number of ether oxygens (including phenoxy) is 4. The van der Waals surface area contributed by atoms with E-state index in [-0.39, 0.29) is 24.3 Å². The number of halogens is 1. The molecule has 1 aliphatic rings. The van der Waals surface area contributed by atoms with Crippen LogP contribution in [-0.4, -0.2) is 43.4 Å². The second kappa shape index (κ2) is 12.6. The molecule has 1 atom stereocenters. The van der Waals surface area contributed by atoms with Gasteiger partial charge >= 0.3 is 11.9 Å². The topological polar surface area (TPSA) is 105 Å². The van der Waals surface area contributed by atoms with Gasteiger partial charge < -0.3 is 18.9 Å². The second-order valence-electron chi connectivity index (χ2n) is 8.36. The van der Waals surface area contributed by atoms with E-state index < -0.39 is 18.0 Å². The molecule has 0 bridgehead atoms. The molecule has 1 aliphatic heterocycles. The van der Waals surface area contributed by atoms with E-state index in [4.69, 9.17) is 14.2 Å². The number of allylic oxidation sites excluding steroid dienone is 1. The van der Waals surface area contributed by atoms with Gasteiger partial charge in [0.2, 0.25) is 0 Å². The lowest BCUT2D eigenvalue weighted by Crippen LogP contribution is -2.40. The number of aromatic nitrogens is 1. The molecule has 39 heavy (non-hydrogen) atoms. The van der Waals surface area contributed by atoms with Crippen molar-refractivity contribution in [2.24, 2.45) is 4.99 Å². The maximum Gasteiger partial charge on any atom is 0.343 e. The van der Waals surface area contributed by atoms with Gasteiger partial charge in [-0.2, -0.15) is 0 Å². The number of fused-ring (bicyclic) bond motifs is 1. The van der Waals surface area contributed by atoms with Crippen LogP contribution < -0.4 is 24.4 Å². The smallest absolute Gasteiger partial charge is 0.343 e. The fraction of sp³-hybridized carbons (Fsp3) is 0.286. The van der Waals surface area contributed by atoms with Crippen LogP contribution in [0.15, 0.2) is 63.5 Å². The first-order valence-corrected chi connectivity index (χ1v) is 14.1. The van der Waals surface area contributed by atoms with Crippen LogP contribution in [-0.2, 0) is 19.1 Å². The molecule has 204 valence electrons. The maximum atomic E-state index is 13.8. The first-order valence-electron chi connectivity index (χ1n) is 12.2. The zero-order valence-corrected chi connectivity index (χ0v) is 24.8. The van der Waals surface area contributed by atoms with Crippen LogP contribution >= 0.6 is 33.9 Å². The van der Waals surface area contributed by atoms with E-state index in [9.17, 15) is 14.4 Å². The van der Waals surface area contributed by atoms with Gasteiger partial charge in [0.15, 0.2) is 22.9 Å². The number of esters is 2. The highest BCUT2D eigenvalue weighted by molar-refractivity contribution is 14.1. The van der Waals surface area contributed by atoms with Crippen molar-refractivity contribution in [3.05, 3.63) is 88.1 Å². The van der Waals surface area contributed by atoms with Crippen molar-refractivity contribution in [1.82, 2.24) is 4.57 Å². The minimum atomic E-state index is -0.812. The van der Waals surface area contributed by atoms with Crippen LogP contribution in [0.1, 0.15) is 37.9 Å². The molecular formula is C28H27IN2O7S. The molecular weight excluding hydrogens is 635 g/mol. The molecule has 0 N–H and O–H groups in total. The minimum absolute atomic E-state index is 0.171. The van der Waals surface area contributed by atoms with E-state index >= 15 is 0 Å². The summed E-state index contributed by atoms with van der Waals surface area (Å²) in [6, 6.07) is 12.1. The van der Waals surface area contributed by atoms with Crippen molar-refractivity contribution in [1.29, 1.82) is 0 Å². The summed E-state index contributed by atoms with van der Waals surface area (Å²) in [5.41, 5.74) is 1.92. The molecule has 0 radical (unpaired) electrons. The average Bonchev–Trinajstić information content (AvgIpc) is 3.22. The molecule has 0 fully saturated rings. The van der Waals surface area contributed by atoms with E-state index in [0.29, 0.717) is 38.7 Å². The summed E-state index contributed by atoms with van der Waals surface area (Å²) in [6.07, 6.45) is 1.82. The molecule has 0 saturated carbocycles. The Morgan fingerprint density at radius 2 is 1.82 bits per heavy atom. The second-order valence-corrected chi connectivity index (χ2v) is 10.6. The first kappa shape index (κ1) is 28.6. The highest BCUT2D eigenvalue weighted by atomic mass is 127. The van der Waals surface area contributed by atoms with E-state index in [1.54, 1.807) is 32.0 Å². The lowest BCUT2D eigenvalue weighted by molar-refractivity contribution is -0.143. The molecule has 9 nitrogen and oxygen atoms in total. The Balaban J connectivity index is 1.89. The van der Waals surface area contributed by atoms with Gasteiger partial charge in [0.25, 0.3) is 5.56 Å². The van der Waals surface area contributed by atoms with Crippen molar-refractivity contribution >= 4 is 51.9 Å². The van der Waals surface area contributed by atoms with Gasteiger partial charge in [-0.25, -0.2) is 14.6 Å². The summed E-state index contributed by atoms with van der Waals surface area (Å²) in [5.74, 6) is -0.405. The predicted molar refractivity (Wildman–Crippen MR) is 155 cm³/mol. The molecule has 0 saturated heterocycles. The average molecular weight is 663 g/mol. The predicted octanol–water partition coefficient (Wildman–Crippen LogP) is 3.35. The Hall–Kier alpha value is -3.45. The standard InChI is InChI=1S/C28H27IN2O7S/c1-5-36-21-14-18(9-12-20(21)38-15-23(32)35-4)25-24(27(34)37-6-2)16(3)30-28-31(25)26(33)22(39-28)13-17-7-10-19(29)11-8-17/h7-14,25H,5-6,15H2,1-4H3/b22-13-/t25-/m1/s1. The fourth-order valence-electron chi connectivity index (χ4n) is 4.10. The number of rotatable bonds is 9. The van der Waals surface area contributed by atoms with Crippen molar-refractivity contribution in [2.75, 3.05) is 26.9 Å². The quantitative estimate of drug-likeness (QED) is 0.256. The third-order valence-corrected chi connectivity index (χ3v) is 7.54. The van der Waals surface area contributed by atoms with Crippen LogP contribution in [0.2, 0.25) is 0 Å². The lowest BCUT2D eigenvalue weighted by Gasteiger charge is -2.25. The first-order chi connectivity index (χ1) is 18.8. The molecule has 0 aliphatic carbocycles. The zero-order chi connectivity index (χ0) is 28.1. The number of benzene rings is 2. The maximum absolute atomic E-state index is 13.8. The van der Waals surface area contributed by atoms with Crippen LogP contribution in [0.5, 0.6) is 11.5 Å². The van der Waals surface area contributed by atoms with E-state index in [1.807, 2.05) is 37.3 Å². The third kappa shape index (κ3) is 6.25. The fourth-order valence-corrected chi connectivity index (χ4v) is 5.50. The van der Waals surface area contributed by atoms with Gasteiger partial charge in [0.05, 0.1) is 42.2 Å². The van der Waals surface area contributed by atoms with Crippen LogP contribution in [0, 0.1) is 3.57 Å². The third-order valence-electron chi connectivity index (χ3n) is 5.84. The summed E-state index contributed by atoms with van der Waals surface area (Å²) in [7, 11) is 1.28. The summed E-state index contributed by atoms with van der Waals surface area (Å²) < 4.78 is 24.5. The van der Waals surface area contributed by atoms with E-state index in [2.05, 4.69) is 32.3 Å². The molecule has 2 heterocycles. The van der Waals surface area contributed by atoms with Gasteiger partial charge in [-0.1, -0.05) is 29.5 Å². The van der Waals surface area contributed by atoms with Crippen molar-refractivity contribution in [3.8, 4) is 11.5 Å². The highest BCUT2D eigenvalue weighted by Gasteiger charge is 2.34. The number of carbonyl (C=O) groups excluding carboxylic acids is 2. The van der Waals surface area contributed by atoms with E-state index in [1.165, 1.54) is 23.0 Å². The van der Waals surface area contributed by atoms with Crippen LogP contribution in [0.25, 0.3) is 6.08 Å².